The lowest BCUT2D eigenvalue weighted by molar-refractivity contribution is 0.156. The summed E-state index contributed by atoms with van der Waals surface area (Å²) in [6, 6.07) is 0. The maximum Gasteiger partial charge on any atom is 0.188 e. The Morgan fingerprint density at radius 3 is 2.57 bits per heavy atom. The fraction of sp³-hybridized carbons (Fsp3) is 0.889. The van der Waals surface area contributed by atoms with E-state index in [0.717, 1.165) is 39.3 Å². The van der Waals surface area contributed by atoms with Crippen molar-refractivity contribution in [2.24, 2.45) is 10.7 Å². The molecule has 0 unspecified atom stereocenters. The molecular formula is C9H21N5. The van der Waals surface area contributed by atoms with E-state index in [1.54, 1.807) is 7.05 Å². The largest absolute Gasteiger partial charge is 0.370 e. The Hall–Kier alpha value is -0.810. The van der Waals surface area contributed by atoms with E-state index in [4.69, 9.17) is 5.73 Å². The van der Waals surface area contributed by atoms with E-state index < -0.39 is 0 Å². The molecule has 1 heterocycles. The van der Waals surface area contributed by atoms with Crippen LogP contribution in [0.2, 0.25) is 0 Å². The average molecular weight is 199 g/mol. The number of guanidine groups is 1. The van der Waals surface area contributed by atoms with Gasteiger partial charge in [0.2, 0.25) is 0 Å². The van der Waals surface area contributed by atoms with Crippen LogP contribution in [0.25, 0.3) is 0 Å². The maximum absolute atomic E-state index is 5.52. The SMILES string of the molecule is CN=C(N)NCCN1CCN(C)CC1. The summed E-state index contributed by atoms with van der Waals surface area (Å²) in [5.41, 5.74) is 5.52. The fourth-order valence-electron chi connectivity index (χ4n) is 1.49. The zero-order chi connectivity index (χ0) is 10.4. The Bertz CT molecular complexity index is 184. The molecule has 1 rings (SSSR count). The van der Waals surface area contributed by atoms with E-state index in [0.29, 0.717) is 5.96 Å². The van der Waals surface area contributed by atoms with Gasteiger partial charge in [-0.1, -0.05) is 0 Å². The van der Waals surface area contributed by atoms with Crippen molar-refractivity contribution in [2.75, 3.05) is 53.4 Å². The van der Waals surface area contributed by atoms with Crippen LogP contribution in [-0.2, 0) is 0 Å². The maximum atomic E-state index is 5.52. The molecule has 1 fully saturated rings. The van der Waals surface area contributed by atoms with Crippen LogP contribution in [0.4, 0.5) is 0 Å². The fourth-order valence-corrected chi connectivity index (χ4v) is 1.49. The summed E-state index contributed by atoms with van der Waals surface area (Å²) in [5, 5.41) is 3.06. The van der Waals surface area contributed by atoms with Gasteiger partial charge in [-0.15, -0.1) is 0 Å². The van der Waals surface area contributed by atoms with Gasteiger partial charge in [-0.3, -0.25) is 9.89 Å². The summed E-state index contributed by atoms with van der Waals surface area (Å²) in [6.45, 7) is 6.56. The summed E-state index contributed by atoms with van der Waals surface area (Å²) in [5.74, 6) is 0.527. The van der Waals surface area contributed by atoms with Gasteiger partial charge in [0.25, 0.3) is 0 Å². The van der Waals surface area contributed by atoms with Crippen LogP contribution in [0.3, 0.4) is 0 Å². The quantitative estimate of drug-likeness (QED) is 0.441. The minimum atomic E-state index is 0.527. The number of rotatable bonds is 3. The van der Waals surface area contributed by atoms with Crippen molar-refractivity contribution in [3.8, 4) is 0 Å². The molecule has 1 aliphatic rings. The Morgan fingerprint density at radius 2 is 2.00 bits per heavy atom. The number of nitrogens with two attached hydrogens (primary N) is 1. The molecule has 5 heteroatoms. The van der Waals surface area contributed by atoms with Crippen LogP contribution in [0.1, 0.15) is 0 Å². The van der Waals surface area contributed by atoms with Crippen LogP contribution in [0.5, 0.6) is 0 Å². The first kappa shape index (κ1) is 11.3. The summed E-state index contributed by atoms with van der Waals surface area (Å²) in [6.07, 6.45) is 0. The molecule has 0 bridgehead atoms. The highest BCUT2D eigenvalue weighted by Crippen LogP contribution is 1.97. The molecule has 82 valence electrons. The standard InChI is InChI=1S/C9H21N5/c1-11-9(10)12-3-4-14-7-5-13(2)6-8-14/h3-8H2,1-2H3,(H3,10,11,12). The number of likely N-dealkylation sites (N-methyl/N-ethyl adjacent to an activating group) is 1. The van der Waals surface area contributed by atoms with Gasteiger partial charge < -0.3 is 16.0 Å². The smallest absolute Gasteiger partial charge is 0.188 e. The lowest BCUT2D eigenvalue weighted by atomic mass is 10.3. The van der Waals surface area contributed by atoms with E-state index in [1.807, 2.05) is 0 Å². The zero-order valence-electron chi connectivity index (χ0n) is 9.16. The Morgan fingerprint density at radius 1 is 1.36 bits per heavy atom. The first-order valence-corrected chi connectivity index (χ1v) is 5.09. The highest BCUT2D eigenvalue weighted by atomic mass is 15.3. The number of aliphatic imine (C=N–C) groups is 1. The van der Waals surface area contributed by atoms with Crippen LogP contribution in [0.15, 0.2) is 4.99 Å². The minimum absolute atomic E-state index is 0.527. The molecule has 1 aliphatic heterocycles. The Kier molecular flexibility index (Phi) is 4.69. The molecular weight excluding hydrogens is 178 g/mol. The summed E-state index contributed by atoms with van der Waals surface area (Å²) in [4.78, 5) is 8.63. The second-order valence-corrected chi connectivity index (χ2v) is 3.68. The lowest BCUT2D eigenvalue weighted by Crippen LogP contribution is -2.47. The molecule has 5 nitrogen and oxygen atoms in total. The van der Waals surface area contributed by atoms with Gasteiger partial charge in [-0.25, -0.2) is 0 Å². The van der Waals surface area contributed by atoms with Crippen LogP contribution in [0, 0.1) is 0 Å². The van der Waals surface area contributed by atoms with Crippen molar-refractivity contribution < 1.29 is 0 Å². The zero-order valence-corrected chi connectivity index (χ0v) is 9.16. The van der Waals surface area contributed by atoms with Gasteiger partial charge in [0.15, 0.2) is 5.96 Å². The highest BCUT2D eigenvalue weighted by molar-refractivity contribution is 5.77. The van der Waals surface area contributed by atoms with Crippen LogP contribution < -0.4 is 11.1 Å². The Labute approximate surface area is 86.0 Å². The molecule has 0 aromatic rings. The van der Waals surface area contributed by atoms with Crippen molar-refractivity contribution in [3.05, 3.63) is 0 Å². The number of hydrogen-bond acceptors (Lipinski definition) is 3. The highest BCUT2D eigenvalue weighted by Gasteiger charge is 2.12. The summed E-state index contributed by atoms with van der Waals surface area (Å²) in [7, 11) is 3.86. The van der Waals surface area contributed by atoms with E-state index >= 15 is 0 Å². The van der Waals surface area contributed by atoms with Crippen molar-refractivity contribution in [2.45, 2.75) is 0 Å². The second-order valence-electron chi connectivity index (χ2n) is 3.68. The number of nitrogens with zero attached hydrogens (tertiary/aromatic N) is 3. The van der Waals surface area contributed by atoms with Gasteiger partial charge in [0, 0.05) is 46.3 Å². The van der Waals surface area contributed by atoms with Gasteiger partial charge in [-0.2, -0.15) is 0 Å². The van der Waals surface area contributed by atoms with Crippen molar-refractivity contribution in [1.29, 1.82) is 0 Å². The normalized spacial score (nSPS) is 21.1. The van der Waals surface area contributed by atoms with Crippen LogP contribution >= 0.6 is 0 Å². The summed E-state index contributed by atoms with van der Waals surface area (Å²) >= 11 is 0. The van der Waals surface area contributed by atoms with Gasteiger partial charge >= 0.3 is 0 Å². The summed E-state index contributed by atoms with van der Waals surface area (Å²) < 4.78 is 0. The molecule has 14 heavy (non-hydrogen) atoms. The third kappa shape index (κ3) is 3.93. The third-order valence-electron chi connectivity index (χ3n) is 2.57. The topological polar surface area (TPSA) is 56.9 Å². The van der Waals surface area contributed by atoms with E-state index in [1.165, 1.54) is 0 Å². The lowest BCUT2D eigenvalue weighted by Gasteiger charge is -2.32. The first-order chi connectivity index (χ1) is 6.72. The number of piperazine rings is 1. The average Bonchev–Trinajstić information content (AvgIpc) is 2.21. The molecule has 0 aliphatic carbocycles. The third-order valence-corrected chi connectivity index (χ3v) is 2.57. The van der Waals surface area contributed by atoms with E-state index in [-0.39, 0.29) is 0 Å². The molecule has 0 radical (unpaired) electrons. The second kappa shape index (κ2) is 5.82. The molecule has 0 saturated carbocycles. The predicted molar refractivity (Wildman–Crippen MR) is 59.5 cm³/mol. The van der Waals surface area contributed by atoms with Crippen molar-refractivity contribution in [1.82, 2.24) is 15.1 Å². The first-order valence-electron chi connectivity index (χ1n) is 5.09. The number of hydrogen-bond donors (Lipinski definition) is 2. The molecule has 0 aromatic carbocycles. The van der Waals surface area contributed by atoms with Gasteiger partial charge in [0.05, 0.1) is 0 Å². The van der Waals surface area contributed by atoms with Gasteiger partial charge in [-0.05, 0) is 7.05 Å². The molecule has 0 aromatic heterocycles. The van der Waals surface area contributed by atoms with Crippen molar-refractivity contribution >= 4 is 5.96 Å². The predicted octanol–water partition coefficient (Wildman–Crippen LogP) is -1.23. The molecule has 0 spiro atoms. The van der Waals surface area contributed by atoms with Crippen LogP contribution in [-0.4, -0.2) is 69.1 Å². The molecule has 0 amide bonds. The molecule has 3 N–H and O–H groups in total. The molecule has 0 atom stereocenters. The molecule has 1 saturated heterocycles. The Balaban J connectivity index is 2.07. The number of nitrogens with one attached hydrogen (secondary N) is 1. The van der Waals surface area contributed by atoms with Crippen molar-refractivity contribution in [3.63, 3.8) is 0 Å². The monoisotopic (exact) mass is 199 g/mol. The minimum Gasteiger partial charge on any atom is -0.370 e. The van der Waals surface area contributed by atoms with E-state index in [2.05, 4.69) is 27.2 Å². The van der Waals surface area contributed by atoms with E-state index in [9.17, 15) is 0 Å². The van der Waals surface area contributed by atoms with Gasteiger partial charge in [0.1, 0.15) is 0 Å².